The van der Waals surface area contributed by atoms with Crippen LogP contribution in [0.5, 0.6) is 0 Å². The summed E-state index contributed by atoms with van der Waals surface area (Å²) in [6.45, 7) is 4.44. The van der Waals surface area contributed by atoms with Gasteiger partial charge in [-0.25, -0.2) is 4.79 Å². The van der Waals surface area contributed by atoms with Crippen LogP contribution in [0.3, 0.4) is 0 Å². The van der Waals surface area contributed by atoms with Crippen molar-refractivity contribution in [3.8, 4) is 0 Å². The Kier molecular flexibility index (Phi) is 3.56. The molecule has 0 aromatic heterocycles. The van der Waals surface area contributed by atoms with E-state index in [0.717, 1.165) is 36.1 Å². The molecule has 0 aliphatic carbocycles. The predicted octanol–water partition coefficient (Wildman–Crippen LogP) is 2.67. The monoisotopic (exact) mass is 269 g/mol. The topological polar surface area (TPSA) is 44.4 Å². The predicted molar refractivity (Wildman–Crippen MR) is 82.0 cm³/mol. The van der Waals surface area contributed by atoms with Crippen molar-refractivity contribution < 1.29 is 4.79 Å². The van der Waals surface area contributed by atoms with Crippen molar-refractivity contribution >= 4 is 22.5 Å². The van der Waals surface area contributed by atoms with Gasteiger partial charge in [-0.15, -0.1) is 0 Å². The Labute approximate surface area is 118 Å². The minimum Gasteiger partial charge on any atom is -0.322 e. The van der Waals surface area contributed by atoms with Crippen LogP contribution in [0.2, 0.25) is 0 Å². The quantitative estimate of drug-likeness (QED) is 0.836. The lowest BCUT2D eigenvalue weighted by atomic mass is 10.1. The minimum atomic E-state index is -0.0188. The number of fused-ring (bicyclic) bond motifs is 1. The number of nitrogens with one attached hydrogen (secondary N) is 2. The van der Waals surface area contributed by atoms with Crippen LogP contribution in [0, 0.1) is 0 Å². The van der Waals surface area contributed by atoms with E-state index in [1.165, 1.54) is 0 Å². The van der Waals surface area contributed by atoms with E-state index < -0.39 is 0 Å². The highest BCUT2D eigenvalue weighted by atomic mass is 16.2. The van der Waals surface area contributed by atoms with Crippen LogP contribution in [0.25, 0.3) is 10.8 Å². The Bertz CT molecular complexity index is 621. The summed E-state index contributed by atoms with van der Waals surface area (Å²) in [7, 11) is 0. The molecular formula is C16H19N3O. The lowest BCUT2D eigenvalue weighted by Gasteiger charge is -2.32. The van der Waals surface area contributed by atoms with E-state index >= 15 is 0 Å². The molecule has 0 saturated carbocycles. The van der Waals surface area contributed by atoms with Gasteiger partial charge in [0.2, 0.25) is 0 Å². The second kappa shape index (κ2) is 5.51. The van der Waals surface area contributed by atoms with E-state index in [4.69, 9.17) is 0 Å². The van der Waals surface area contributed by atoms with E-state index in [2.05, 4.69) is 29.7 Å². The number of anilines is 1. The minimum absolute atomic E-state index is 0.0188. The van der Waals surface area contributed by atoms with Gasteiger partial charge in [0.15, 0.2) is 0 Å². The van der Waals surface area contributed by atoms with Crippen molar-refractivity contribution in [3.63, 3.8) is 0 Å². The van der Waals surface area contributed by atoms with Gasteiger partial charge in [-0.05, 0) is 18.4 Å². The number of amides is 2. The van der Waals surface area contributed by atoms with Gasteiger partial charge in [0.05, 0.1) is 5.69 Å². The molecule has 2 amide bonds. The Morgan fingerprint density at radius 1 is 1.25 bits per heavy atom. The maximum atomic E-state index is 12.3. The summed E-state index contributed by atoms with van der Waals surface area (Å²) in [4.78, 5) is 14.2. The molecular weight excluding hydrogens is 250 g/mol. The number of carbonyl (C=O) groups is 1. The van der Waals surface area contributed by atoms with Gasteiger partial charge in [-0.1, -0.05) is 36.4 Å². The number of carbonyl (C=O) groups excluding carboxylic acids is 1. The highest BCUT2D eigenvalue weighted by molar-refractivity contribution is 6.01. The number of rotatable bonds is 1. The Morgan fingerprint density at radius 3 is 2.90 bits per heavy atom. The highest BCUT2D eigenvalue weighted by Gasteiger charge is 2.20. The Hall–Kier alpha value is -2.07. The van der Waals surface area contributed by atoms with Crippen LogP contribution in [-0.4, -0.2) is 36.6 Å². The van der Waals surface area contributed by atoms with Gasteiger partial charge in [-0.3, -0.25) is 0 Å². The second-order valence-electron chi connectivity index (χ2n) is 5.26. The standard InChI is InChI=1S/C16H19N3O/c1-12-11-19(10-9-17-12)16(20)18-15-8-4-6-13-5-2-3-7-14(13)15/h2-8,12,17H,9-11H2,1H3,(H,18,20)/t12-/m0/s1. The summed E-state index contributed by atoms with van der Waals surface area (Å²) in [5, 5.41) is 8.59. The van der Waals surface area contributed by atoms with Crippen LogP contribution in [0.1, 0.15) is 6.92 Å². The molecule has 1 aliphatic heterocycles. The average molecular weight is 269 g/mol. The van der Waals surface area contributed by atoms with E-state index in [-0.39, 0.29) is 6.03 Å². The average Bonchev–Trinajstić information content (AvgIpc) is 2.47. The summed E-state index contributed by atoms with van der Waals surface area (Å²) in [5.74, 6) is 0. The molecule has 3 rings (SSSR count). The van der Waals surface area contributed by atoms with E-state index in [0.29, 0.717) is 6.04 Å². The van der Waals surface area contributed by atoms with Gasteiger partial charge in [-0.2, -0.15) is 0 Å². The summed E-state index contributed by atoms with van der Waals surface area (Å²) in [6, 6.07) is 14.4. The zero-order valence-electron chi connectivity index (χ0n) is 11.6. The smallest absolute Gasteiger partial charge is 0.321 e. The first-order valence-electron chi connectivity index (χ1n) is 7.01. The molecule has 4 heteroatoms. The SMILES string of the molecule is C[C@H]1CN(C(=O)Nc2cccc3ccccc23)CCN1. The zero-order valence-corrected chi connectivity index (χ0v) is 11.6. The molecule has 1 atom stereocenters. The number of urea groups is 1. The molecule has 0 spiro atoms. The highest BCUT2D eigenvalue weighted by Crippen LogP contribution is 2.23. The molecule has 0 unspecified atom stereocenters. The number of piperazine rings is 1. The molecule has 20 heavy (non-hydrogen) atoms. The van der Waals surface area contributed by atoms with Crippen LogP contribution < -0.4 is 10.6 Å². The molecule has 2 aromatic carbocycles. The lowest BCUT2D eigenvalue weighted by Crippen LogP contribution is -2.52. The molecule has 2 aromatic rings. The van der Waals surface area contributed by atoms with Gasteiger partial charge in [0, 0.05) is 31.1 Å². The van der Waals surface area contributed by atoms with E-state index in [1.54, 1.807) is 0 Å². The van der Waals surface area contributed by atoms with Crippen molar-refractivity contribution in [1.29, 1.82) is 0 Å². The van der Waals surface area contributed by atoms with Gasteiger partial charge < -0.3 is 15.5 Å². The maximum Gasteiger partial charge on any atom is 0.321 e. The van der Waals surface area contributed by atoms with Crippen molar-refractivity contribution in [2.75, 3.05) is 25.0 Å². The normalized spacial score (nSPS) is 19.1. The molecule has 4 nitrogen and oxygen atoms in total. The number of hydrogen-bond acceptors (Lipinski definition) is 2. The first-order chi connectivity index (χ1) is 9.74. The molecule has 0 bridgehead atoms. The lowest BCUT2D eigenvalue weighted by molar-refractivity contribution is 0.192. The Balaban J connectivity index is 1.80. The third-order valence-corrected chi connectivity index (χ3v) is 3.69. The van der Waals surface area contributed by atoms with Crippen molar-refractivity contribution in [2.24, 2.45) is 0 Å². The molecule has 104 valence electrons. The molecule has 1 heterocycles. The van der Waals surface area contributed by atoms with Crippen molar-refractivity contribution in [3.05, 3.63) is 42.5 Å². The third-order valence-electron chi connectivity index (χ3n) is 3.69. The molecule has 1 fully saturated rings. The fourth-order valence-corrected chi connectivity index (χ4v) is 2.65. The summed E-state index contributed by atoms with van der Waals surface area (Å²) < 4.78 is 0. The number of hydrogen-bond donors (Lipinski definition) is 2. The number of benzene rings is 2. The molecule has 0 radical (unpaired) electrons. The van der Waals surface area contributed by atoms with Gasteiger partial charge in [0.25, 0.3) is 0 Å². The Morgan fingerprint density at radius 2 is 2.05 bits per heavy atom. The molecule has 2 N–H and O–H groups in total. The van der Waals surface area contributed by atoms with Crippen LogP contribution in [-0.2, 0) is 0 Å². The van der Waals surface area contributed by atoms with Crippen molar-refractivity contribution in [2.45, 2.75) is 13.0 Å². The van der Waals surface area contributed by atoms with Crippen LogP contribution in [0.15, 0.2) is 42.5 Å². The van der Waals surface area contributed by atoms with Crippen LogP contribution in [0.4, 0.5) is 10.5 Å². The fourth-order valence-electron chi connectivity index (χ4n) is 2.65. The first-order valence-corrected chi connectivity index (χ1v) is 7.01. The zero-order chi connectivity index (χ0) is 13.9. The summed E-state index contributed by atoms with van der Waals surface area (Å²) in [6.07, 6.45) is 0. The second-order valence-corrected chi connectivity index (χ2v) is 5.26. The maximum absolute atomic E-state index is 12.3. The number of nitrogens with zero attached hydrogens (tertiary/aromatic N) is 1. The summed E-state index contributed by atoms with van der Waals surface area (Å²) in [5.41, 5.74) is 0.874. The van der Waals surface area contributed by atoms with Gasteiger partial charge >= 0.3 is 6.03 Å². The summed E-state index contributed by atoms with van der Waals surface area (Å²) >= 11 is 0. The van der Waals surface area contributed by atoms with Gasteiger partial charge in [0.1, 0.15) is 0 Å². The molecule has 1 aliphatic rings. The molecule has 1 saturated heterocycles. The van der Waals surface area contributed by atoms with E-state index in [1.807, 2.05) is 35.2 Å². The van der Waals surface area contributed by atoms with E-state index in [9.17, 15) is 4.79 Å². The van der Waals surface area contributed by atoms with Crippen molar-refractivity contribution in [1.82, 2.24) is 10.2 Å². The largest absolute Gasteiger partial charge is 0.322 e. The third kappa shape index (κ3) is 2.60. The fraction of sp³-hybridized carbons (Fsp3) is 0.312. The first kappa shape index (κ1) is 12.9. The van der Waals surface area contributed by atoms with Crippen LogP contribution >= 0.6 is 0 Å².